The molecule has 2 aliphatic heterocycles. The molecule has 1 atom stereocenters. The lowest BCUT2D eigenvalue weighted by molar-refractivity contribution is -0.132. The molecule has 0 spiro atoms. The van der Waals surface area contributed by atoms with E-state index in [4.69, 9.17) is 5.73 Å². The third-order valence-electron chi connectivity index (χ3n) is 4.62. The maximum atomic E-state index is 12.3. The van der Waals surface area contributed by atoms with Crippen LogP contribution in [0.25, 0.3) is 0 Å². The van der Waals surface area contributed by atoms with Crippen molar-refractivity contribution in [3.05, 3.63) is 29.3 Å². The van der Waals surface area contributed by atoms with E-state index in [1.165, 1.54) is 5.56 Å². The molecule has 5 nitrogen and oxygen atoms in total. The van der Waals surface area contributed by atoms with Crippen LogP contribution in [-0.2, 0) is 22.4 Å². The fourth-order valence-electron chi connectivity index (χ4n) is 3.43. The van der Waals surface area contributed by atoms with Crippen LogP contribution >= 0.6 is 12.4 Å². The van der Waals surface area contributed by atoms with Crippen molar-refractivity contribution in [3.63, 3.8) is 0 Å². The molecule has 1 aromatic carbocycles. The fourth-order valence-corrected chi connectivity index (χ4v) is 3.43. The van der Waals surface area contributed by atoms with Crippen LogP contribution in [0.15, 0.2) is 18.2 Å². The minimum atomic E-state index is 0. The Balaban J connectivity index is 0.00000192. The quantitative estimate of drug-likeness (QED) is 0.861. The number of hydrogen-bond acceptors (Lipinski definition) is 3. The Morgan fingerprint density at radius 1 is 1.39 bits per heavy atom. The largest absolute Gasteiger partial charge is 0.338 e. The lowest BCUT2D eigenvalue weighted by Crippen LogP contribution is -2.39. The van der Waals surface area contributed by atoms with Crippen molar-refractivity contribution < 1.29 is 9.59 Å². The van der Waals surface area contributed by atoms with E-state index in [0.29, 0.717) is 19.4 Å². The van der Waals surface area contributed by atoms with E-state index in [0.717, 1.165) is 43.5 Å². The highest BCUT2D eigenvalue weighted by atomic mass is 35.5. The van der Waals surface area contributed by atoms with E-state index >= 15 is 0 Å². The number of hydrogen-bond donors (Lipinski definition) is 2. The summed E-state index contributed by atoms with van der Waals surface area (Å²) < 4.78 is 0. The molecule has 3 N–H and O–H groups in total. The molecule has 126 valence electrons. The lowest BCUT2D eigenvalue weighted by atomic mass is 10.0. The molecule has 23 heavy (non-hydrogen) atoms. The van der Waals surface area contributed by atoms with Crippen LogP contribution < -0.4 is 11.1 Å². The molecule has 6 heteroatoms. The van der Waals surface area contributed by atoms with Crippen molar-refractivity contribution in [1.29, 1.82) is 0 Å². The molecule has 2 heterocycles. The summed E-state index contributed by atoms with van der Waals surface area (Å²) in [6, 6.07) is 6.32. The van der Waals surface area contributed by atoms with Crippen LogP contribution in [0.5, 0.6) is 0 Å². The van der Waals surface area contributed by atoms with Crippen LogP contribution in [0.1, 0.15) is 36.8 Å². The number of nitrogens with two attached hydrogens (primary N) is 1. The maximum absolute atomic E-state index is 12.3. The minimum Gasteiger partial charge on any atom is -0.338 e. The lowest BCUT2D eigenvalue weighted by Gasteiger charge is -2.23. The highest BCUT2D eigenvalue weighted by molar-refractivity contribution is 5.99. The van der Waals surface area contributed by atoms with Crippen molar-refractivity contribution in [1.82, 2.24) is 4.90 Å². The van der Waals surface area contributed by atoms with Gasteiger partial charge in [-0.3, -0.25) is 9.59 Å². The van der Waals surface area contributed by atoms with Crippen molar-refractivity contribution in [3.8, 4) is 0 Å². The van der Waals surface area contributed by atoms with Crippen molar-refractivity contribution in [2.24, 2.45) is 5.73 Å². The van der Waals surface area contributed by atoms with E-state index in [1.807, 2.05) is 17.0 Å². The van der Waals surface area contributed by atoms with Gasteiger partial charge in [-0.1, -0.05) is 12.1 Å². The van der Waals surface area contributed by atoms with Crippen molar-refractivity contribution >= 4 is 29.9 Å². The van der Waals surface area contributed by atoms with Crippen LogP contribution in [0.3, 0.4) is 0 Å². The predicted molar refractivity (Wildman–Crippen MR) is 92.8 cm³/mol. The second-order valence-corrected chi connectivity index (χ2v) is 6.19. The van der Waals surface area contributed by atoms with Crippen molar-refractivity contribution in [2.75, 3.05) is 18.4 Å². The SMILES string of the molecule is Cl.NCC1CCCN1C(=O)CCCc1ccc2c(c1)CC(=O)N2. The zero-order valence-electron chi connectivity index (χ0n) is 13.2. The summed E-state index contributed by atoms with van der Waals surface area (Å²) in [5.74, 6) is 0.287. The highest BCUT2D eigenvalue weighted by Gasteiger charge is 2.26. The normalized spacial score (nSPS) is 19.3. The molecular formula is C17H24ClN3O2. The highest BCUT2D eigenvalue weighted by Crippen LogP contribution is 2.25. The number of halogens is 1. The average Bonchev–Trinajstić information content (AvgIpc) is 3.11. The van der Waals surface area contributed by atoms with Crippen LogP contribution in [-0.4, -0.2) is 35.8 Å². The molecule has 1 unspecified atom stereocenters. The predicted octanol–water partition coefficient (Wildman–Crippen LogP) is 1.88. The standard InChI is InChI=1S/C17H23N3O2.ClH/c18-11-14-4-2-8-20(14)17(22)5-1-3-12-6-7-15-13(9-12)10-16(21)19-15;/h6-7,9,14H,1-5,8,10-11,18H2,(H,19,21);1H. The molecule has 0 aliphatic carbocycles. The number of amides is 2. The molecule has 0 radical (unpaired) electrons. The van der Waals surface area contributed by atoms with Crippen LogP contribution in [0.2, 0.25) is 0 Å². The number of carbonyl (C=O) groups is 2. The number of nitrogens with one attached hydrogen (secondary N) is 1. The zero-order chi connectivity index (χ0) is 15.5. The number of anilines is 1. The van der Waals surface area contributed by atoms with Gasteiger partial charge in [-0.05, 0) is 42.9 Å². The van der Waals surface area contributed by atoms with E-state index in [9.17, 15) is 9.59 Å². The number of fused-ring (bicyclic) bond motifs is 1. The summed E-state index contributed by atoms with van der Waals surface area (Å²) in [6.45, 7) is 1.42. The Kier molecular flexibility index (Phi) is 6.02. The first kappa shape index (κ1) is 17.8. The van der Waals surface area contributed by atoms with E-state index in [1.54, 1.807) is 0 Å². The van der Waals surface area contributed by atoms with Gasteiger partial charge in [0.15, 0.2) is 0 Å². The second-order valence-electron chi connectivity index (χ2n) is 6.19. The van der Waals surface area contributed by atoms with Crippen molar-refractivity contribution in [2.45, 2.75) is 44.6 Å². The summed E-state index contributed by atoms with van der Waals surface area (Å²) in [6.07, 6.45) is 4.85. The summed E-state index contributed by atoms with van der Waals surface area (Å²) in [5.41, 5.74) is 8.90. The van der Waals surface area contributed by atoms with E-state index < -0.39 is 0 Å². The molecule has 0 saturated carbocycles. The van der Waals surface area contributed by atoms with Gasteiger partial charge >= 0.3 is 0 Å². The molecule has 2 aliphatic rings. The summed E-state index contributed by atoms with van der Waals surface area (Å²) in [4.78, 5) is 25.5. The molecule has 2 amide bonds. The number of aryl methyl sites for hydroxylation is 1. The minimum absolute atomic E-state index is 0. The van der Waals surface area contributed by atoms with E-state index in [-0.39, 0.29) is 30.3 Å². The number of likely N-dealkylation sites (tertiary alicyclic amines) is 1. The first-order valence-corrected chi connectivity index (χ1v) is 8.08. The maximum Gasteiger partial charge on any atom is 0.228 e. The summed E-state index contributed by atoms with van der Waals surface area (Å²) in [7, 11) is 0. The first-order valence-electron chi connectivity index (χ1n) is 8.08. The van der Waals surface area contributed by atoms with Gasteiger partial charge in [0.05, 0.1) is 6.42 Å². The average molecular weight is 338 g/mol. The fraction of sp³-hybridized carbons (Fsp3) is 0.529. The number of nitrogens with zero attached hydrogens (tertiary/aromatic N) is 1. The monoisotopic (exact) mass is 337 g/mol. The van der Waals surface area contributed by atoms with Gasteiger partial charge in [0.2, 0.25) is 11.8 Å². The Hall–Kier alpha value is -1.59. The molecule has 3 rings (SSSR count). The Labute approximate surface area is 143 Å². The Bertz CT molecular complexity index is 591. The van der Waals surface area contributed by atoms with Gasteiger partial charge < -0.3 is 16.0 Å². The number of benzene rings is 1. The third-order valence-corrected chi connectivity index (χ3v) is 4.62. The van der Waals surface area contributed by atoms with E-state index in [2.05, 4.69) is 11.4 Å². The smallest absolute Gasteiger partial charge is 0.228 e. The topological polar surface area (TPSA) is 75.4 Å². The van der Waals surface area contributed by atoms with Gasteiger partial charge in [-0.15, -0.1) is 12.4 Å². The van der Waals surface area contributed by atoms with Gasteiger partial charge in [0, 0.05) is 31.2 Å². The van der Waals surface area contributed by atoms with Crippen LogP contribution in [0.4, 0.5) is 5.69 Å². The number of rotatable bonds is 5. The number of carbonyl (C=O) groups excluding carboxylic acids is 2. The van der Waals surface area contributed by atoms with Gasteiger partial charge in [0.1, 0.15) is 0 Å². The summed E-state index contributed by atoms with van der Waals surface area (Å²) >= 11 is 0. The molecule has 1 aromatic rings. The Morgan fingerprint density at radius 2 is 2.22 bits per heavy atom. The molecule has 0 bridgehead atoms. The zero-order valence-corrected chi connectivity index (χ0v) is 14.0. The second kappa shape index (κ2) is 7.79. The third kappa shape index (κ3) is 4.03. The summed E-state index contributed by atoms with van der Waals surface area (Å²) in [5, 5.41) is 2.84. The molecule has 1 saturated heterocycles. The molecule has 0 aromatic heterocycles. The van der Waals surface area contributed by atoms with Gasteiger partial charge in [-0.2, -0.15) is 0 Å². The first-order chi connectivity index (χ1) is 10.7. The van der Waals surface area contributed by atoms with Gasteiger partial charge in [-0.25, -0.2) is 0 Å². The molecule has 1 fully saturated rings. The van der Waals surface area contributed by atoms with Crippen LogP contribution in [0, 0.1) is 0 Å². The molecular weight excluding hydrogens is 314 g/mol. The Morgan fingerprint density at radius 3 is 3.00 bits per heavy atom. The van der Waals surface area contributed by atoms with Gasteiger partial charge in [0.25, 0.3) is 0 Å².